The van der Waals surface area contributed by atoms with E-state index >= 15 is 0 Å². The zero-order valence-corrected chi connectivity index (χ0v) is 16.5. The molecule has 2 N–H and O–H groups in total. The van der Waals surface area contributed by atoms with E-state index in [1.54, 1.807) is 7.11 Å². The molecule has 28 heavy (non-hydrogen) atoms. The highest BCUT2D eigenvalue weighted by atomic mass is 16.5. The zero-order chi connectivity index (χ0) is 19.8. The molecular weight excluding hydrogens is 352 g/mol. The van der Waals surface area contributed by atoms with Gasteiger partial charge in [0.05, 0.1) is 19.2 Å². The van der Waals surface area contributed by atoms with Crippen molar-refractivity contribution in [2.75, 3.05) is 25.1 Å². The number of aliphatic imine (C=N–C) groups is 1. The quantitative estimate of drug-likeness (QED) is 0.573. The summed E-state index contributed by atoms with van der Waals surface area (Å²) in [7, 11) is 1.70. The fourth-order valence-electron chi connectivity index (χ4n) is 3.35. The summed E-state index contributed by atoms with van der Waals surface area (Å²) in [5.41, 5.74) is 3.21. The first-order valence-corrected chi connectivity index (χ1v) is 9.67. The van der Waals surface area contributed by atoms with E-state index in [1.165, 1.54) is 0 Å². The Hall–Kier alpha value is -2.86. The van der Waals surface area contributed by atoms with E-state index < -0.39 is 0 Å². The Kier molecular flexibility index (Phi) is 7.03. The monoisotopic (exact) mass is 380 g/mol. The Labute approximate surface area is 166 Å². The average molecular weight is 380 g/mol. The van der Waals surface area contributed by atoms with Gasteiger partial charge in [0.15, 0.2) is 5.96 Å². The largest absolute Gasteiger partial charge is 0.380 e. The van der Waals surface area contributed by atoms with Gasteiger partial charge >= 0.3 is 0 Å². The van der Waals surface area contributed by atoms with Gasteiger partial charge in [0.2, 0.25) is 5.91 Å². The second-order valence-electron chi connectivity index (χ2n) is 6.78. The number of nitrogens with one attached hydrogen (secondary N) is 2. The first-order valence-electron chi connectivity index (χ1n) is 9.67. The molecule has 2 aromatic rings. The van der Waals surface area contributed by atoms with Crippen molar-refractivity contribution in [2.45, 2.75) is 32.5 Å². The zero-order valence-electron chi connectivity index (χ0n) is 16.5. The van der Waals surface area contributed by atoms with Crippen LogP contribution >= 0.6 is 0 Å². The third-order valence-electron chi connectivity index (χ3n) is 4.70. The summed E-state index contributed by atoms with van der Waals surface area (Å²) >= 11 is 0. The first-order chi connectivity index (χ1) is 13.7. The molecule has 1 atom stereocenters. The van der Waals surface area contributed by atoms with Crippen LogP contribution in [0.25, 0.3) is 0 Å². The first kappa shape index (κ1) is 19.9. The van der Waals surface area contributed by atoms with Crippen LogP contribution < -0.4 is 15.5 Å². The van der Waals surface area contributed by atoms with Crippen molar-refractivity contribution in [3.8, 4) is 0 Å². The van der Waals surface area contributed by atoms with Crippen molar-refractivity contribution in [3.63, 3.8) is 0 Å². The number of hydrogen-bond acceptors (Lipinski definition) is 3. The highest BCUT2D eigenvalue weighted by Crippen LogP contribution is 2.21. The Morgan fingerprint density at radius 2 is 1.86 bits per heavy atom. The van der Waals surface area contributed by atoms with Gasteiger partial charge in [0, 0.05) is 32.3 Å². The lowest BCUT2D eigenvalue weighted by molar-refractivity contribution is -0.117. The third kappa shape index (κ3) is 5.10. The summed E-state index contributed by atoms with van der Waals surface area (Å²) in [6.07, 6.45) is 0.458. The minimum atomic E-state index is 0.0275. The van der Waals surface area contributed by atoms with Gasteiger partial charge < -0.3 is 20.3 Å². The van der Waals surface area contributed by atoms with Crippen LogP contribution in [-0.4, -0.2) is 38.1 Å². The van der Waals surface area contributed by atoms with Crippen LogP contribution in [0, 0.1) is 0 Å². The number of guanidine groups is 1. The molecule has 1 aliphatic rings. The number of carbonyl (C=O) groups is 1. The summed E-state index contributed by atoms with van der Waals surface area (Å²) in [5.74, 6) is 0.854. The number of carbonyl (C=O) groups excluding carboxylic acids is 1. The summed E-state index contributed by atoms with van der Waals surface area (Å²) in [6, 6.07) is 18.0. The van der Waals surface area contributed by atoms with E-state index in [-0.39, 0.29) is 11.9 Å². The molecule has 0 spiro atoms. The molecule has 1 amide bonds. The predicted octanol–water partition coefficient (Wildman–Crippen LogP) is 2.69. The van der Waals surface area contributed by atoms with Crippen molar-refractivity contribution in [1.29, 1.82) is 0 Å². The standard InChI is InChI=1S/C22H28N4O2/c1-3-23-22(24-14-17-9-7-8-10-18(17)16-28-2)25-19-13-21(27)26(15-19)20-11-5-4-6-12-20/h4-12,19H,3,13-16H2,1-2H3,(H2,23,24,25). The number of hydrogen-bond donors (Lipinski definition) is 2. The molecule has 1 unspecified atom stereocenters. The molecule has 0 aromatic heterocycles. The van der Waals surface area contributed by atoms with Crippen LogP contribution in [0.15, 0.2) is 59.6 Å². The molecule has 0 radical (unpaired) electrons. The molecule has 2 aromatic carbocycles. The Balaban J connectivity index is 1.66. The lowest BCUT2D eigenvalue weighted by Crippen LogP contribution is -2.44. The molecule has 6 nitrogen and oxygen atoms in total. The van der Waals surface area contributed by atoms with Gasteiger partial charge in [-0.15, -0.1) is 0 Å². The molecule has 148 valence electrons. The fourth-order valence-corrected chi connectivity index (χ4v) is 3.35. The number of nitrogens with zero attached hydrogens (tertiary/aromatic N) is 2. The lowest BCUT2D eigenvalue weighted by Gasteiger charge is -2.19. The fraction of sp³-hybridized carbons (Fsp3) is 0.364. The predicted molar refractivity (Wildman–Crippen MR) is 112 cm³/mol. The number of benzene rings is 2. The van der Waals surface area contributed by atoms with E-state index in [1.807, 2.05) is 54.3 Å². The SMILES string of the molecule is CCNC(=NCc1ccccc1COC)NC1CC(=O)N(c2ccccc2)C1. The van der Waals surface area contributed by atoms with E-state index in [9.17, 15) is 4.79 Å². The Morgan fingerprint density at radius 1 is 1.14 bits per heavy atom. The molecule has 0 saturated carbocycles. The highest BCUT2D eigenvalue weighted by molar-refractivity contribution is 5.97. The smallest absolute Gasteiger partial charge is 0.229 e. The summed E-state index contributed by atoms with van der Waals surface area (Å²) in [5, 5.41) is 6.69. The maximum absolute atomic E-state index is 12.4. The average Bonchev–Trinajstić information content (AvgIpc) is 3.08. The van der Waals surface area contributed by atoms with Gasteiger partial charge in [-0.1, -0.05) is 42.5 Å². The third-order valence-corrected chi connectivity index (χ3v) is 4.70. The lowest BCUT2D eigenvalue weighted by atomic mass is 10.1. The van der Waals surface area contributed by atoms with E-state index in [2.05, 4.69) is 22.8 Å². The summed E-state index contributed by atoms with van der Waals surface area (Å²) in [4.78, 5) is 19.0. The Bertz CT molecular complexity index is 807. The van der Waals surface area contributed by atoms with Crippen LogP contribution in [0.5, 0.6) is 0 Å². The molecule has 3 rings (SSSR count). The topological polar surface area (TPSA) is 66.0 Å². The van der Waals surface area contributed by atoms with Crippen molar-refractivity contribution < 1.29 is 9.53 Å². The number of amides is 1. The summed E-state index contributed by atoms with van der Waals surface area (Å²) in [6.45, 7) is 4.55. The van der Waals surface area contributed by atoms with Crippen LogP contribution in [0.3, 0.4) is 0 Å². The van der Waals surface area contributed by atoms with Crippen molar-refractivity contribution >= 4 is 17.6 Å². The molecule has 1 heterocycles. The number of methoxy groups -OCH3 is 1. The van der Waals surface area contributed by atoms with Crippen LogP contribution in [0.2, 0.25) is 0 Å². The van der Waals surface area contributed by atoms with Crippen molar-refractivity contribution in [3.05, 3.63) is 65.7 Å². The van der Waals surface area contributed by atoms with Gasteiger partial charge in [-0.25, -0.2) is 4.99 Å². The van der Waals surface area contributed by atoms with Crippen LogP contribution in [-0.2, 0) is 22.7 Å². The van der Waals surface area contributed by atoms with Gasteiger partial charge in [0.1, 0.15) is 0 Å². The van der Waals surface area contributed by atoms with E-state index in [4.69, 9.17) is 9.73 Å². The Morgan fingerprint density at radius 3 is 2.57 bits per heavy atom. The number of anilines is 1. The number of ether oxygens (including phenoxy) is 1. The van der Waals surface area contributed by atoms with Crippen molar-refractivity contribution in [2.24, 2.45) is 4.99 Å². The number of rotatable bonds is 7. The highest BCUT2D eigenvalue weighted by Gasteiger charge is 2.31. The van der Waals surface area contributed by atoms with Crippen molar-refractivity contribution in [1.82, 2.24) is 10.6 Å². The minimum Gasteiger partial charge on any atom is -0.380 e. The van der Waals surface area contributed by atoms with Crippen LogP contribution in [0.1, 0.15) is 24.5 Å². The molecule has 1 fully saturated rings. The van der Waals surface area contributed by atoms with Gasteiger partial charge in [-0.05, 0) is 30.2 Å². The van der Waals surface area contributed by atoms with Crippen LogP contribution in [0.4, 0.5) is 5.69 Å². The molecule has 0 aliphatic carbocycles. The maximum atomic E-state index is 12.4. The van der Waals surface area contributed by atoms with E-state index in [0.717, 1.165) is 29.3 Å². The second kappa shape index (κ2) is 9.90. The molecule has 6 heteroatoms. The molecule has 0 bridgehead atoms. The van der Waals surface area contributed by atoms with Gasteiger partial charge in [-0.3, -0.25) is 4.79 Å². The van der Waals surface area contributed by atoms with Gasteiger partial charge in [-0.2, -0.15) is 0 Å². The molecule has 1 aliphatic heterocycles. The van der Waals surface area contributed by atoms with Gasteiger partial charge in [0.25, 0.3) is 0 Å². The maximum Gasteiger partial charge on any atom is 0.229 e. The van der Waals surface area contributed by atoms with E-state index in [0.29, 0.717) is 26.1 Å². The normalized spacial score (nSPS) is 17.1. The minimum absolute atomic E-state index is 0.0275. The molecular formula is C22H28N4O2. The molecule has 1 saturated heterocycles. The number of para-hydroxylation sites is 1. The summed E-state index contributed by atoms with van der Waals surface area (Å²) < 4.78 is 5.27. The second-order valence-corrected chi connectivity index (χ2v) is 6.78.